The summed E-state index contributed by atoms with van der Waals surface area (Å²) in [6.07, 6.45) is 0. The molecule has 5 heteroatoms. The Morgan fingerprint density at radius 2 is 2.17 bits per heavy atom. The van der Waals surface area contributed by atoms with Crippen LogP contribution in [-0.4, -0.2) is 18.1 Å². The van der Waals surface area contributed by atoms with E-state index in [-0.39, 0.29) is 0 Å². The number of benzene rings is 1. The van der Waals surface area contributed by atoms with Crippen molar-refractivity contribution in [1.29, 1.82) is 0 Å². The number of nitrogens with zero attached hydrogens (tertiary/aromatic N) is 1. The maximum Gasteiger partial charge on any atom is 0.335 e. The molecule has 1 N–H and O–H groups in total. The predicted molar refractivity (Wildman–Crippen MR) is 77.5 cm³/mol. The molecule has 2 aromatic rings. The van der Waals surface area contributed by atoms with E-state index in [1.807, 2.05) is 25.2 Å². The number of halogens is 1. The second kappa shape index (κ2) is 5.54. The van der Waals surface area contributed by atoms with Crippen molar-refractivity contribution in [2.45, 2.75) is 6.54 Å². The van der Waals surface area contributed by atoms with Crippen LogP contribution in [0, 0.1) is 0 Å². The molecule has 1 aromatic carbocycles. The number of thiophene rings is 1. The van der Waals surface area contributed by atoms with Crippen LogP contribution in [0.1, 0.15) is 15.9 Å². The Hall–Kier alpha value is -1.33. The van der Waals surface area contributed by atoms with E-state index in [0.29, 0.717) is 12.1 Å². The molecular weight excluding hydrogens is 314 g/mol. The SMILES string of the molecule is CN(Cc1cccc(C(=O)O)c1)c1ccc(Br)s1. The van der Waals surface area contributed by atoms with E-state index < -0.39 is 5.97 Å². The molecule has 0 aliphatic heterocycles. The predicted octanol–water partition coefficient (Wildman–Crippen LogP) is 3.85. The topological polar surface area (TPSA) is 40.5 Å². The molecule has 0 aliphatic rings. The highest BCUT2D eigenvalue weighted by Crippen LogP contribution is 2.29. The van der Waals surface area contributed by atoms with Crippen LogP contribution in [0.4, 0.5) is 5.00 Å². The fourth-order valence-corrected chi connectivity index (χ4v) is 2.99. The van der Waals surface area contributed by atoms with E-state index in [1.54, 1.807) is 29.5 Å². The van der Waals surface area contributed by atoms with E-state index >= 15 is 0 Å². The van der Waals surface area contributed by atoms with Gasteiger partial charge in [-0.1, -0.05) is 12.1 Å². The number of rotatable bonds is 4. The summed E-state index contributed by atoms with van der Waals surface area (Å²) in [6, 6.07) is 11.1. The van der Waals surface area contributed by atoms with Crippen LogP contribution in [0.2, 0.25) is 0 Å². The summed E-state index contributed by atoms with van der Waals surface area (Å²) in [6.45, 7) is 0.689. The molecule has 2 rings (SSSR count). The number of carboxylic acid groups (broad SMARTS) is 1. The van der Waals surface area contributed by atoms with Gasteiger partial charge in [-0.3, -0.25) is 0 Å². The number of aromatic carboxylic acids is 1. The Kier molecular flexibility index (Phi) is 4.04. The largest absolute Gasteiger partial charge is 0.478 e. The fraction of sp³-hybridized carbons (Fsp3) is 0.154. The van der Waals surface area contributed by atoms with Gasteiger partial charge in [0.25, 0.3) is 0 Å². The molecule has 0 saturated heterocycles. The Morgan fingerprint density at radius 3 is 2.78 bits per heavy atom. The van der Waals surface area contributed by atoms with Crippen molar-refractivity contribution in [2.24, 2.45) is 0 Å². The molecule has 94 valence electrons. The first-order valence-electron chi connectivity index (χ1n) is 5.35. The lowest BCUT2D eigenvalue weighted by atomic mass is 10.1. The van der Waals surface area contributed by atoms with Crippen molar-refractivity contribution in [3.8, 4) is 0 Å². The van der Waals surface area contributed by atoms with E-state index in [9.17, 15) is 4.79 Å². The number of anilines is 1. The summed E-state index contributed by atoms with van der Waals surface area (Å²) in [7, 11) is 1.99. The quantitative estimate of drug-likeness (QED) is 0.928. The Morgan fingerprint density at radius 1 is 1.39 bits per heavy atom. The third-order valence-electron chi connectivity index (χ3n) is 2.53. The first-order chi connectivity index (χ1) is 8.56. The second-order valence-electron chi connectivity index (χ2n) is 3.94. The monoisotopic (exact) mass is 325 g/mol. The van der Waals surface area contributed by atoms with E-state index in [1.165, 1.54) is 0 Å². The molecule has 0 radical (unpaired) electrons. The van der Waals surface area contributed by atoms with Crippen molar-refractivity contribution in [1.82, 2.24) is 0 Å². The summed E-state index contributed by atoms with van der Waals surface area (Å²) in [5.41, 5.74) is 1.31. The summed E-state index contributed by atoms with van der Waals surface area (Å²) >= 11 is 5.08. The third kappa shape index (κ3) is 3.11. The van der Waals surface area contributed by atoms with E-state index in [2.05, 4.69) is 20.8 Å². The molecule has 18 heavy (non-hydrogen) atoms. The van der Waals surface area contributed by atoms with Crippen molar-refractivity contribution in [3.05, 3.63) is 51.3 Å². The normalized spacial score (nSPS) is 10.3. The van der Waals surface area contributed by atoms with Gasteiger partial charge in [0.05, 0.1) is 14.4 Å². The number of carboxylic acids is 1. The average Bonchev–Trinajstić information content (AvgIpc) is 2.76. The van der Waals surface area contributed by atoms with Crippen LogP contribution >= 0.6 is 27.3 Å². The smallest absolute Gasteiger partial charge is 0.335 e. The molecule has 0 aliphatic carbocycles. The van der Waals surface area contributed by atoms with Crippen molar-refractivity contribution in [3.63, 3.8) is 0 Å². The van der Waals surface area contributed by atoms with Crippen LogP contribution in [0.15, 0.2) is 40.2 Å². The molecule has 0 spiro atoms. The highest BCUT2D eigenvalue weighted by atomic mass is 79.9. The zero-order valence-corrected chi connectivity index (χ0v) is 12.2. The second-order valence-corrected chi connectivity index (χ2v) is 6.38. The summed E-state index contributed by atoms with van der Waals surface area (Å²) in [4.78, 5) is 13.0. The fourth-order valence-electron chi connectivity index (χ4n) is 1.66. The number of hydrogen-bond acceptors (Lipinski definition) is 3. The molecule has 0 fully saturated rings. The average molecular weight is 326 g/mol. The van der Waals surface area contributed by atoms with Gasteiger partial charge in [-0.15, -0.1) is 11.3 Å². The molecular formula is C13H12BrNO2S. The summed E-state index contributed by atoms with van der Waals surface area (Å²) in [5, 5.41) is 10.1. The first kappa shape index (κ1) is 13.1. The number of hydrogen-bond donors (Lipinski definition) is 1. The minimum atomic E-state index is -0.890. The van der Waals surface area contributed by atoms with Gasteiger partial charge in [0.1, 0.15) is 0 Å². The van der Waals surface area contributed by atoms with Crippen LogP contribution < -0.4 is 4.90 Å². The van der Waals surface area contributed by atoms with Crippen molar-refractivity contribution < 1.29 is 9.90 Å². The van der Waals surface area contributed by atoms with Crippen LogP contribution in [0.5, 0.6) is 0 Å². The maximum atomic E-state index is 10.9. The lowest BCUT2D eigenvalue weighted by Gasteiger charge is -2.17. The number of carbonyl (C=O) groups is 1. The highest BCUT2D eigenvalue weighted by molar-refractivity contribution is 9.11. The zero-order chi connectivity index (χ0) is 13.1. The molecule has 1 heterocycles. The lowest BCUT2D eigenvalue weighted by molar-refractivity contribution is 0.0697. The molecule has 0 bridgehead atoms. The van der Waals surface area contributed by atoms with Gasteiger partial charge in [-0.05, 0) is 45.8 Å². The molecule has 0 unspecified atom stereocenters. The third-order valence-corrected chi connectivity index (χ3v) is 4.27. The van der Waals surface area contributed by atoms with Crippen LogP contribution in [0.3, 0.4) is 0 Å². The van der Waals surface area contributed by atoms with Gasteiger partial charge in [0.15, 0.2) is 0 Å². The van der Waals surface area contributed by atoms with E-state index in [0.717, 1.165) is 14.4 Å². The molecule has 3 nitrogen and oxygen atoms in total. The van der Waals surface area contributed by atoms with Gasteiger partial charge in [0.2, 0.25) is 0 Å². The van der Waals surface area contributed by atoms with Crippen molar-refractivity contribution >= 4 is 38.2 Å². The molecule has 0 atom stereocenters. The zero-order valence-electron chi connectivity index (χ0n) is 9.76. The van der Waals surface area contributed by atoms with Gasteiger partial charge in [-0.2, -0.15) is 0 Å². The first-order valence-corrected chi connectivity index (χ1v) is 6.96. The van der Waals surface area contributed by atoms with Crippen LogP contribution in [0.25, 0.3) is 0 Å². The standard InChI is InChI=1S/C13H12BrNO2S/c1-15(12-6-5-11(14)18-12)8-9-3-2-4-10(7-9)13(16)17/h2-7H,8H2,1H3,(H,16,17). The summed E-state index contributed by atoms with van der Waals surface area (Å²) < 4.78 is 1.09. The highest BCUT2D eigenvalue weighted by Gasteiger charge is 2.07. The maximum absolute atomic E-state index is 10.9. The van der Waals surface area contributed by atoms with Gasteiger partial charge < -0.3 is 10.0 Å². The van der Waals surface area contributed by atoms with E-state index in [4.69, 9.17) is 5.11 Å². The molecule has 1 aromatic heterocycles. The van der Waals surface area contributed by atoms with Gasteiger partial charge in [0, 0.05) is 13.6 Å². The minimum absolute atomic E-state index is 0.327. The Labute approximate surface area is 118 Å². The van der Waals surface area contributed by atoms with Crippen molar-refractivity contribution in [2.75, 3.05) is 11.9 Å². The van der Waals surface area contributed by atoms with Crippen LogP contribution in [-0.2, 0) is 6.54 Å². The van der Waals surface area contributed by atoms with Gasteiger partial charge in [-0.25, -0.2) is 4.79 Å². The Balaban J connectivity index is 2.14. The van der Waals surface area contributed by atoms with Gasteiger partial charge >= 0.3 is 5.97 Å². The minimum Gasteiger partial charge on any atom is -0.478 e. The summed E-state index contributed by atoms with van der Waals surface area (Å²) in [5.74, 6) is -0.890. The molecule has 0 saturated carbocycles. The Bertz CT molecular complexity index is 568. The lowest BCUT2D eigenvalue weighted by Crippen LogP contribution is -2.15. The molecule has 0 amide bonds.